The van der Waals surface area contributed by atoms with Gasteiger partial charge in [-0.15, -0.1) is 0 Å². The normalized spacial score (nSPS) is 15.7. The van der Waals surface area contributed by atoms with E-state index in [2.05, 4.69) is 0 Å². The molecule has 5 N–H and O–H groups in total. The Balaban J connectivity index is 0.000000121. The van der Waals surface area contributed by atoms with Gasteiger partial charge < -0.3 is 48.4 Å². The predicted octanol–water partition coefficient (Wildman–Crippen LogP) is 18.0. The minimum atomic E-state index is -3.70. The molecule has 0 spiro atoms. The fourth-order valence-corrected chi connectivity index (χ4v) is 26.5. The summed E-state index contributed by atoms with van der Waals surface area (Å²) in [6.45, 7) is 9.16. The monoisotopic (exact) mass is 1940 g/mol. The molecule has 0 aliphatic carbocycles. The lowest BCUT2D eigenvalue weighted by atomic mass is 9.91. The van der Waals surface area contributed by atoms with Crippen LogP contribution in [0.2, 0.25) is 10.0 Å². The number of sulfone groups is 5. The van der Waals surface area contributed by atoms with E-state index in [0.29, 0.717) is 170 Å². The van der Waals surface area contributed by atoms with E-state index in [1.165, 1.54) is 82.1 Å². The maximum Gasteiger partial charge on any atom is 0.323 e. The number of aliphatic carboxylic acids is 5. The highest BCUT2D eigenvalue weighted by Crippen LogP contribution is 2.50. The maximum atomic E-state index is 14.0. The minimum absolute atomic E-state index is 0.0833. The number of carboxylic acids is 5. The summed E-state index contributed by atoms with van der Waals surface area (Å²) < 4.78 is 189. The van der Waals surface area contributed by atoms with Crippen molar-refractivity contribution < 1.29 is 109 Å². The summed E-state index contributed by atoms with van der Waals surface area (Å²) in [6.07, 6.45) is 1.62. The van der Waals surface area contributed by atoms with Gasteiger partial charge in [-0.1, -0.05) is 108 Å². The molecule has 0 saturated heterocycles. The standard InChI is InChI=1S/2C20H16FNO4S.C19H13ClFNO4S.C19H14ClNO4S.C19H16FNO4S/c1-11-3-5-14-16(10-27(25,26)18(14)7-11)20-12(2)22(9-19(23)24)17-6-4-13(21)8-15(17)20;1-12-20(15-8-9-27(25,26)18-5-3-2-4-14(15)18)16-10-13(21)6-7-17(16)22(12)11-19(23)24;1-10-19(14-7-12(21)3-5-16(14)22(10)8-18(23)24)15-9-27(25,26)17-6-11(20)2-4-13(15)17;1-11-19(15-10-26(24,25)17-5-3-2-4-13(15)17)14-7-6-12(20)8-16(14)21(11)9-18(22)23;1-11-19(15-10-26(24,25)17-5-3-2-4-13(15)17)14-8-12(20)6-7-16(14)21(11)9-18(22)23/h3-8,10H,9H2,1-2H3,(H,23,24);2-8,10H,9,11H2,1H3,(H,23,24);2-7,9H,8H2,1H3,(H,23,24);2-8,10H,9H2,1H3,(H,22,23);2-8,15H,9-10H2,1H3,(H,22,23). The van der Waals surface area contributed by atoms with Gasteiger partial charge in [-0.3, -0.25) is 24.0 Å². The van der Waals surface area contributed by atoms with Crippen LogP contribution in [0, 0.1) is 64.8 Å². The van der Waals surface area contributed by atoms with Crippen LogP contribution in [-0.4, -0.2) is 132 Å². The molecule has 15 aromatic rings. The third-order valence-electron chi connectivity index (χ3n) is 24.0. The summed E-state index contributed by atoms with van der Waals surface area (Å²) in [7, 11) is -17.7. The van der Waals surface area contributed by atoms with Gasteiger partial charge in [0.15, 0.2) is 19.7 Å². The number of hydrogen-bond donors (Lipinski definition) is 5. The molecule has 1 atom stereocenters. The number of nitrogens with zero attached hydrogens (tertiary/aromatic N) is 5. The summed E-state index contributed by atoms with van der Waals surface area (Å²) in [4.78, 5) is 57.6. The van der Waals surface area contributed by atoms with Crippen LogP contribution in [0.3, 0.4) is 0 Å². The Hall–Kier alpha value is -13.7. The molecule has 10 aromatic carbocycles. The number of aryl methyl sites for hydroxylation is 1. The maximum absolute atomic E-state index is 14.0. The van der Waals surface area contributed by atoms with E-state index in [9.17, 15) is 109 Å². The lowest BCUT2D eigenvalue weighted by Gasteiger charge is -2.19. The molecule has 0 amide bonds. The molecule has 680 valence electrons. The third kappa shape index (κ3) is 17.0. The second-order valence-electron chi connectivity index (χ2n) is 32.2. The van der Waals surface area contributed by atoms with Crippen molar-refractivity contribution in [2.24, 2.45) is 0 Å². The lowest BCUT2D eigenvalue weighted by Crippen LogP contribution is -2.14. The number of halogens is 6. The van der Waals surface area contributed by atoms with Gasteiger partial charge >= 0.3 is 29.8 Å². The van der Waals surface area contributed by atoms with Crippen LogP contribution < -0.4 is 0 Å². The number of aromatic nitrogens is 5. The molecular formula is C97H75Cl2F4N5O20S5. The number of benzene rings is 10. The first-order valence-electron chi connectivity index (χ1n) is 40.5. The smallest absolute Gasteiger partial charge is 0.323 e. The summed E-state index contributed by atoms with van der Waals surface area (Å²) in [6, 6.07) is 51.8. The second kappa shape index (κ2) is 34.8. The van der Waals surface area contributed by atoms with E-state index >= 15 is 0 Å². The molecular weight excluding hydrogens is 1860 g/mol. The van der Waals surface area contributed by atoms with E-state index in [1.807, 2.05) is 13.0 Å². The average Bonchev–Trinajstić information content (AvgIpc) is 1.57. The molecule has 25 nitrogen and oxygen atoms in total. The fraction of sp³-hybridized carbons (Fsp3) is 0.144. The highest BCUT2D eigenvalue weighted by atomic mass is 35.5. The zero-order valence-corrected chi connectivity index (χ0v) is 76.4. The van der Waals surface area contributed by atoms with Crippen molar-refractivity contribution >= 4 is 179 Å². The van der Waals surface area contributed by atoms with Crippen LogP contribution in [0.15, 0.2) is 247 Å². The molecule has 20 rings (SSSR count). The van der Waals surface area contributed by atoms with Crippen molar-refractivity contribution in [3.63, 3.8) is 0 Å². The zero-order chi connectivity index (χ0) is 95.6. The van der Waals surface area contributed by atoms with Crippen LogP contribution in [-0.2, 0) is 106 Å². The van der Waals surface area contributed by atoms with Gasteiger partial charge in [0.1, 0.15) is 56.0 Å². The van der Waals surface area contributed by atoms with Gasteiger partial charge in [0.2, 0.25) is 29.5 Å². The summed E-state index contributed by atoms with van der Waals surface area (Å²) in [5.74, 6) is -7.63. The number of fused-ring (bicyclic) bond motifs is 10. The van der Waals surface area contributed by atoms with Crippen molar-refractivity contribution in [1.29, 1.82) is 0 Å². The molecule has 5 aliphatic heterocycles. The topological polar surface area (TPSA) is 382 Å². The molecule has 36 heteroatoms. The van der Waals surface area contributed by atoms with Crippen LogP contribution in [0.5, 0.6) is 0 Å². The van der Waals surface area contributed by atoms with Crippen LogP contribution >= 0.6 is 23.2 Å². The molecule has 133 heavy (non-hydrogen) atoms. The summed E-state index contributed by atoms with van der Waals surface area (Å²) in [5.41, 5.74) is 14.9. The third-order valence-corrected chi connectivity index (χ3v) is 32.4. The average molecular weight is 1940 g/mol. The van der Waals surface area contributed by atoms with Crippen LogP contribution in [0.25, 0.3) is 76.8 Å². The molecule has 0 bridgehead atoms. The Kier molecular flexibility index (Phi) is 24.2. The van der Waals surface area contributed by atoms with Gasteiger partial charge in [0.25, 0.3) is 0 Å². The molecule has 10 heterocycles. The van der Waals surface area contributed by atoms with E-state index in [0.717, 1.165) is 16.4 Å². The first-order chi connectivity index (χ1) is 62.8. The highest BCUT2D eigenvalue weighted by Gasteiger charge is 2.40. The molecule has 5 aliphatic rings. The summed E-state index contributed by atoms with van der Waals surface area (Å²) >= 11 is 12.0. The van der Waals surface area contributed by atoms with Crippen LogP contribution in [0.1, 0.15) is 95.6 Å². The Morgan fingerprint density at radius 2 is 0.669 bits per heavy atom. The Labute approximate surface area is 767 Å². The number of hydrogen-bond acceptors (Lipinski definition) is 15. The van der Waals surface area contributed by atoms with Gasteiger partial charge in [-0.05, 0) is 185 Å². The SMILES string of the molecule is Cc1c(C2=CCS(=O)(=O)c3ccccc32)c2cc(F)ccc2n1CC(=O)O.Cc1c(C2=CS(=O)(=O)c3cc(Cl)ccc32)c2cc(F)ccc2n1CC(=O)O.Cc1c(C2=CS(=O)(=O)c3ccccc32)c2ccc(Cl)cc2n1CC(=O)O.Cc1c(C2CS(=O)(=O)c3ccccc32)c2cc(F)ccc2n1CC(=O)O.Cc1ccc2c(c1)S(=O)(=O)C=C2c1c(C)n(CC(=O)O)c2ccc(F)cc12. The fourth-order valence-electron chi connectivity index (χ4n) is 18.5. The van der Waals surface area contributed by atoms with Gasteiger partial charge in [-0.25, -0.2) is 59.7 Å². The minimum Gasteiger partial charge on any atom is -0.480 e. The Morgan fingerprint density at radius 1 is 0.331 bits per heavy atom. The first-order valence-corrected chi connectivity index (χ1v) is 49.2. The largest absolute Gasteiger partial charge is 0.480 e. The molecule has 0 fully saturated rings. The van der Waals surface area contributed by atoms with E-state index < -0.39 is 108 Å². The van der Waals surface area contributed by atoms with E-state index in [1.54, 1.807) is 186 Å². The molecule has 5 aromatic heterocycles. The number of rotatable bonds is 15. The van der Waals surface area contributed by atoms with Gasteiger partial charge in [0, 0.05) is 171 Å². The van der Waals surface area contributed by atoms with Crippen molar-refractivity contribution in [3.8, 4) is 0 Å². The number of carbonyl (C=O) groups is 5. The quantitative estimate of drug-likeness (QED) is 0.0595. The Bertz CT molecular complexity index is 8230. The first kappa shape index (κ1) is 92.5. The molecule has 0 saturated carbocycles. The Morgan fingerprint density at radius 3 is 1.13 bits per heavy atom. The van der Waals surface area contributed by atoms with E-state index in [-0.39, 0.29) is 63.8 Å². The predicted molar refractivity (Wildman–Crippen MR) is 494 cm³/mol. The van der Waals surface area contributed by atoms with Gasteiger partial charge in [0.05, 0.1) is 41.5 Å². The van der Waals surface area contributed by atoms with Gasteiger partial charge in [-0.2, -0.15) is 0 Å². The number of carboxylic acid groups (broad SMARTS) is 5. The van der Waals surface area contributed by atoms with E-state index in [4.69, 9.17) is 23.2 Å². The second-order valence-corrected chi connectivity index (χ2v) is 42.4. The van der Waals surface area contributed by atoms with Crippen molar-refractivity contribution in [1.82, 2.24) is 22.8 Å². The lowest BCUT2D eigenvalue weighted by molar-refractivity contribution is -0.138. The zero-order valence-electron chi connectivity index (χ0n) is 70.8. The molecule has 0 radical (unpaired) electrons. The van der Waals surface area contributed by atoms with Crippen molar-refractivity contribution in [3.05, 3.63) is 345 Å². The summed E-state index contributed by atoms with van der Waals surface area (Å²) in [5, 5.41) is 53.4. The highest BCUT2D eigenvalue weighted by molar-refractivity contribution is 7.95. The molecule has 1 unspecified atom stereocenters. The van der Waals surface area contributed by atoms with Crippen LogP contribution in [0.4, 0.5) is 17.6 Å². The van der Waals surface area contributed by atoms with Crippen molar-refractivity contribution in [2.45, 2.75) is 105 Å². The van der Waals surface area contributed by atoms with Crippen molar-refractivity contribution in [2.75, 3.05) is 11.5 Å².